The Hall–Kier alpha value is -3.92. The van der Waals surface area contributed by atoms with Gasteiger partial charge in [0.1, 0.15) is 23.6 Å². The first-order valence-electron chi connectivity index (χ1n) is 15.3. The zero-order valence-corrected chi connectivity index (χ0v) is 25.8. The van der Waals surface area contributed by atoms with Crippen LogP contribution in [-0.2, 0) is 16.1 Å². The Bertz CT molecular complexity index is 1610. The summed E-state index contributed by atoms with van der Waals surface area (Å²) in [7, 11) is 0. The number of halogens is 3. The molecule has 3 aromatic rings. The number of hydrogen-bond acceptors (Lipinski definition) is 9. The molecule has 246 valence electrons. The van der Waals surface area contributed by atoms with Crippen LogP contribution in [-0.4, -0.2) is 116 Å². The third-order valence-corrected chi connectivity index (χ3v) is 8.82. The number of nitrogens with one attached hydrogen (secondary N) is 2. The van der Waals surface area contributed by atoms with E-state index in [2.05, 4.69) is 30.7 Å². The number of carbonyl (C=O) groups is 2. The summed E-state index contributed by atoms with van der Waals surface area (Å²) in [6, 6.07) is 1.68. The van der Waals surface area contributed by atoms with Gasteiger partial charge < -0.3 is 30.3 Å². The van der Waals surface area contributed by atoms with E-state index in [-0.39, 0.29) is 53.8 Å². The predicted octanol–water partition coefficient (Wildman–Crippen LogP) is 2.06. The molecule has 1 aliphatic carbocycles. The molecule has 3 atom stereocenters. The number of anilines is 1. The summed E-state index contributed by atoms with van der Waals surface area (Å²) in [5.74, 6) is 0.0199. The summed E-state index contributed by atoms with van der Waals surface area (Å²) < 4.78 is 34.3. The fraction of sp³-hybridized carbons (Fsp3) is 0.500. The highest BCUT2D eigenvalue weighted by molar-refractivity contribution is 6.22. The van der Waals surface area contributed by atoms with E-state index in [1.54, 1.807) is 24.5 Å². The molecule has 2 fully saturated rings. The Labute approximate surface area is 268 Å². The van der Waals surface area contributed by atoms with E-state index >= 15 is 0 Å². The van der Waals surface area contributed by atoms with Crippen LogP contribution in [0.3, 0.4) is 0 Å². The lowest BCUT2D eigenvalue weighted by molar-refractivity contribution is -0.131. The van der Waals surface area contributed by atoms with Crippen LogP contribution in [0.25, 0.3) is 11.2 Å². The Kier molecular flexibility index (Phi) is 9.92. The molecule has 2 aliphatic heterocycles. The number of fused-ring (bicyclic) bond motifs is 2. The zero-order valence-electron chi connectivity index (χ0n) is 25.1. The molecule has 3 N–H and O–H groups in total. The number of amides is 2. The van der Waals surface area contributed by atoms with Crippen molar-refractivity contribution in [2.24, 2.45) is 11.8 Å². The van der Waals surface area contributed by atoms with Crippen molar-refractivity contribution in [3.63, 3.8) is 0 Å². The van der Waals surface area contributed by atoms with Crippen molar-refractivity contribution < 1.29 is 28.2 Å². The normalized spacial score (nSPS) is 21.5. The number of allylic oxidation sites excluding steroid dienone is 3. The zero-order chi connectivity index (χ0) is 32.2. The van der Waals surface area contributed by atoms with Crippen molar-refractivity contribution in [2.75, 3.05) is 57.7 Å². The molecule has 0 radical (unpaired) electrons. The standard InChI is InChI=1S/C30H36ClF2N9O4/c31-21-3-4-25(46-30(32)33)22(11-21)27-24(37-29(45)23-12-36-42-9-2-6-35-28(23)42)17-41(38-27)18-26(44)40-15-19-13-39(14-20(19)16-40)8-1-5-34-7-10-43/h2-4,6,9,12,17,19-21,30,34,43H,1,5,7-8,10-11,13-16,18H2,(H,37,45). The molecule has 46 heavy (non-hydrogen) atoms. The van der Waals surface area contributed by atoms with Gasteiger partial charge in [-0.3, -0.25) is 14.3 Å². The van der Waals surface area contributed by atoms with E-state index in [1.807, 2.05) is 4.90 Å². The van der Waals surface area contributed by atoms with Crippen molar-refractivity contribution in [2.45, 2.75) is 31.4 Å². The summed E-state index contributed by atoms with van der Waals surface area (Å²) in [5.41, 5.74) is 1.21. The number of likely N-dealkylation sites (tertiary alicyclic amines) is 2. The van der Waals surface area contributed by atoms with Gasteiger partial charge in [-0.2, -0.15) is 19.0 Å². The van der Waals surface area contributed by atoms with E-state index < -0.39 is 17.9 Å². The van der Waals surface area contributed by atoms with E-state index in [0.29, 0.717) is 37.1 Å². The van der Waals surface area contributed by atoms with Gasteiger partial charge >= 0.3 is 6.61 Å². The number of rotatable bonds is 13. The summed E-state index contributed by atoms with van der Waals surface area (Å²) in [5, 5.41) is 23.1. The van der Waals surface area contributed by atoms with Gasteiger partial charge in [-0.25, -0.2) is 9.50 Å². The van der Waals surface area contributed by atoms with Gasteiger partial charge in [0.05, 0.1) is 23.9 Å². The van der Waals surface area contributed by atoms with Crippen molar-refractivity contribution in [3.8, 4) is 0 Å². The van der Waals surface area contributed by atoms with Crippen molar-refractivity contribution in [1.29, 1.82) is 0 Å². The molecule has 0 aromatic carbocycles. The Balaban J connectivity index is 1.18. The number of aromatic nitrogens is 5. The van der Waals surface area contributed by atoms with Crippen LogP contribution in [0, 0.1) is 11.8 Å². The molecule has 0 spiro atoms. The highest BCUT2D eigenvalue weighted by Crippen LogP contribution is 2.36. The van der Waals surface area contributed by atoms with Crippen LogP contribution in [0.1, 0.15) is 28.9 Å². The van der Waals surface area contributed by atoms with Crippen LogP contribution >= 0.6 is 11.6 Å². The van der Waals surface area contributed by atoms with Crippen LogP contribution in [0.15, 0.2) is 48.8 Å². The second kappa shape index (κ2) is 14.2. The number of nitrogens with zero attached hydrogens (tertiary/aromatic N) is 7. The molecule has 0 saturated carbocycles. The molecule has 13 nitrogen and oxygen atoms in total. The maximum atomic E-state index is 13.5. The average Bonchev–Trinajstić information content (AvgIpc) is 3.80. The van der Waals surface area contributed by atoms with Crippen LogP contribution in [0.5, 0.6) is 0 Å². The third-order valence-electron chi connectivity index (χ3n) is 8.52. The number of hydrogen-bond donors (Lipinski definition) is 3. The van der Waals surface area contributed by atoms with Gasteiger partial charge in [0.15, 0.2) is 5.65 Å². The molecule has 3 unspecified atom stereocenters. The van der Waals surface area contributed by atoms with Gasteiger partial charge in [0.2, 0.25) is 5.91 Å². The van der Waals surface area contributed by atoms with E-state index in [9.17, 15) is 18.4 Å². The SMILES string of the molecule is O=C(Nc1cn(CC(=O)N2CC3CN(CCCNCCO)CC3C2)nc1C1=C(OC(F)F)C=CC(Cl)C1)c1cnn2cccnc12. The molecule has 6 rings (SSSR count). The maximum absolute atomic E-state index is 13.5. The lowest BCUT2D eigenvalue weighted by Crippen LogP contribution is -2.36. The predicted molar refractivity (Wildman–Crippen MR) is 165 cm³/mol. The first-order chi connectivity index (χ1) is 22.3. The third kappa shape index (κ3) is 7.22. The lowest BCUT2D eigenvalue weighted by atomic mass is 9.99. The molecule has 2 saturated heterocycles. The quantitative estimate of drug-likeness (QED) is 0.186. The minimum Gasteiger partial charge on any atom is -0.434 e. The average molecular weight is 660 g/mol. The minimum absolute atomic E-state index is 0.0979. The number of carbonyl (C=O) groups excluding carboxylic acids is 2. The van der Waals surface area contributed by atoms with Crippen LogP contribution < -0.4 is 10.6 Å². The second-order valence-corrected chi connectivity index (χ2v) is 12.3. The van der Waals surface area contributed by atoms with Gasteiger partial charge in [-0.1, -0.05) is 6.08 Å². The smallest absolute Gasteiger partial charge is 0.387 e. The van der Waals surface area contributed by atoms with Crippen molar-refractivity contribution in [1.82, 2.24) is 39.5 Å². The van der Waals surface area contributed by atoms with Crippen LogP contribution in [0.2, 0.25) is 0 Å². The van der Waals surface area contributed by atoms with Gasteiger partial charge in [0.25, 0.3) is 5.91 Å². The second-order valence-electron chi connectivity index (χ2n) is 11.7. The maximum Gasteiger partial charge on any atom is 0.387 e. The van der Waals surface area contributed by atoms with E-state index in [0.717, 1.165) is 32.6 Å². The Morgan fingerprint density at radius 2 is 1.98 bits per heavy atom. The molecule has 0 bridgehead atoms. The minimum atomic E-state index is -3.08. The molecular weight excluding hydrogens is 624 g/mol. The number of aliphatic hydroxyl groups excluding tert-OH is 1. The van der Waals surface area contributed by atoms with Crippen LogP contribution in [0.4, 0.5) is 14.5 Å². The van der Waals surface area contributed by atoms with Crippen molar-refractivity contribution >= 4 is 40.3 Å². The Morgan fingerprint density at radius 1 is 1.17 bits per heavy atom. The Morgan fingerprint density at radius 3 is 2.74 bits per heavy atom. The molecular formula is C30H36ClF2N9O4. The number of alkyl halides is 3. The van der Waals surface area contributed by atoms with Crippen molar-refractivity contribution in [3.05, 3.63) is 60.0 Å². The summed E-state index contributed by atoms with van der Waals surface area (Å²) in [4.78, 5) is 35.4. The monoisotopic (exact) mass is 659 g/mol. The number of ether oxygens (including phenoxy) is 1. The summed E-state index contributed by atoms with van der Waals surface area (Å²) in [6.07, 6.45) is 10.1. The molecule has 5 heterocycles. The lowest BCUT2D eigenvalue weighted by Gasteiger charge is -2.21. The first-order valence-corrected chi connectivity index (χ1v) is 15.7. The summed E-state index contributed by atoms with van der Waals surface area (Å²) >= 11 is 6.37. The fourth-order valence-corrected chi connectivity index (χ4v) is 6.64. The highest BCUT2D eigenvalue weighted by atomic mass is 35.5. The van der Waals surface area contributed by atoms with E-state index in [4.69, 9.17) is 21.4 Å². The first kappa shape index (κ1) is 32.0. The summed E-state index contributed by atoms with van der Waals surface area (Å²) in [6.45, 7) is 2.55. The molecule has 2 amide bonds. The molecule has 3 aromatic heterocycles. The highest BCUT2D eigenvalue weighted by Gasteiger charge is 2.41. The molecule has 3 aliphatic rings. The largest absolute Gasteiger partial charge is 0.434 e. The van der Waals surface area contributed by atoms with Gasteiger partial charge in [-0.05, 0) is 49.9 Å². The topological polar surface area (TPSA) is 142 Å². The fourth-order valence-electron chi connectivity index (χ4n) is 6.42. The molecule has 16 heteroatoms. The number of aliphatic hydroxyl groups is 1. The van der Waals surface area contributed by atoms with Gasteiger partial charge in [0, 0.05) is 56.9 Å². The van der Waals surface area contributed by atoms with E-state index in [1.165, 1.54) is 27.7 Å². The van der Waals surface area contributed by atoms with Gasteiger partial charge in [-0.15, -0.1) is 11.6 Å².